The Labute approximate surface area is 160 Å². The number of rotatable bonds is 3. The van der Waals surface area contributed by atoms with Gasteiger partial charge in [-0.1, -0.05) is 18.2 Å². The van der Waals surface area contributed by atoms with Crippen LogP contribution >= 0.6 is 0 Å². The monoisotopic (exact) mass is 379 g/mol. The fourth-order valence-corrected chi connectivity index (χ4v) is 3.61. The van der Waals surface area contributed by atoms with Crippen LogP contribution < -0.4 is 11.2 Å². The smallest absolute Gasteiger partial charge is 0.298 e. The van der Waals surface area contributed by atoms with Gasteiger partial charge in [-0.05, 0) is 39.3 Å². The summed E-state index contributed by atoms with van der Waals surface area (Å²) in [6, 6.07) is 7.04. The van der Waals surface area contributed by atoms with Crippen LogP contribution in [0.3, 0.4) is 0 Å². The molecule has 1 aromatic carbocycles. The van der Waals surface area contributed by atoms with Gasteiger partial charge in [-0.15, -0.1) is 0 Å². The third-order valence-corrected chi connectivity index (χ3v) is 5.31. The van der Waals surface area contributed by atoms with Crippen LogP contribution in [-0.2, 0) is 11.8 Å². The molecule has 4 aromatic rings. The third kappa shape index (κ3) is 2.30. The second-order valence-electron chi connectivity index (χ2n) is 7.15. The number of Topliss-reactive ketones (excluding diaryl/α,β-unsaturated/α-hetero) is 1. The number of para-hydroxylation sites is 1. The predicted molar refractivity (Wildman–Crippen MR) is 106 cm³/mol. The van der Waals surface area contributed by atoms with Crippen molar-refractivity contribution in [2.75, 3.05) is 0 Å². The summed E-state index contributed by atoms with van der Waals surface area (Å²) in [5.74, 6) is 0.287. The first-order chi connectivity index (χ1) is 13.2. The normalized spacial score (nSPS) is 12.8. The summed E-state index contributed by atoms with van der Waals surface area (Å²) < 4.78 is 5.97. The average molecular weight is 379 g/mol. The predicted octanol–water partition coefficient (Wildman–Crippen LogP) is 1.91. The Morgan fingerprint density at radius 2 is 1.82 bits per heavy atom. The van der Waals surface area contributed by atoms with Crippen molar-refractivity contribution in [1.29, 1.82) is 0 Å². The Morgan fingerprint density at radius 3 is 2.46 bits per heavy atom. The van der Waals surface area contributed by atoms with E-state index in [2.05, 4.69) is 4.98 Å². The van der Waals surface area contributed by atoms with Crippen LogP contribution in [0, 0.1) is 13.8 Å². The topological polar surface area (TPSA) is 83.3 Å². The number of carbonyl (C=O) groups is 1. The summed E-state index contributed by atoms with van der Waals surface area (Å²) >= 11 is 0. The minimum Gasteiger partial charge on any atom is -0.298 e. The Morgan fingerprint density at radius 1 is 1.14 bits per heavy atom. The molecule has 0 spiro atoms. The minimum atomic E-state index is -0.847. The molecule has 0 fully saturated rings. The van der Waals surface area contributed by atoms with Crippen LogP contribution in [0.5, 0.6) is 0 Å². The molecule has 8 heteroatoms. The van der Waals surface area contributed by atoms with Crippen molar-refractivity contribution in [3.8, 4) is 5.69 Å². The second-order valence-corrected chi connectivity index (χ2v) is 7.15. The molecule has 144 valence electrons. The van der Waals surface area contributed by atoms with E-state index in [9.17, 15) is 14.4 Å². The zero-order valence-corrected chi connectivity index (χ0v) is 16.4. The fraction of sp³-hybridized carbons (Fsp3) is 0.300. The highest BCUT2D eigenvalue weighted by Crippen LogP contribution is 2.23. The van der Waals surface area contributed by atoms with Gasteiger partial charge in [-0.25, -0.2) is 9.36 Å². The molecule has 0 aliphatic carbocycles. The first-order valence-corrected chi connectivity index (χ1v) is 9.02. The Balaban J connectivity index is 2.18. The van der Waals surface area contributed by atoms with Gasteiger partial charge in [0.25, 0.3) is 5.56 Å². The van der Waals surface area contributed by atoms with Crippen LogP contribution in [0.4, 0.5) is 0 Å². The van der Waals surface area contributed by atoms with Crippen LogP contribution in [-0.4, -0.2) is 28.9 Å². The zero-order chi connectivity index (χ0) is 20.3. The van der Waals surface area contributed by atoms with Gasteiger partial charge in [0.15, 0.2) is 16.9 Å². The summed E-state index contributed by atoms with van der Waals surface area (Å²) in [6.45, 7) is 6.86. The molecule has 0 aliphatic heterocycles. The van der Waals surface area contributed by atoms with Gasteiger partial charge in [-0.2, -0.15) is 4.98 Å². The maximum Gasteiger partial charge on any atom is 0.333 e. The fourth-order valence-electron chi connectivity index (χ4n) is 3.61. The number of nitrogens with zero attached hydrogens (tertiary/aromatic N) is 5. The number of aryl methyl sites for hydroxylation is 3. The van der Waals surface area contributed by atoms with Crippen molar-refractivity contribution in [1.82, 2.24) is 23.1 Å². The quantitative estimate of drug-likeness (QED) is 0.544. The standard InChI is InChI=1S/C20H21N5O3/c1-11-8-6-7-9-15(11)24-12(2)10-23-16-17(21-19(23)24)22(5)20(28)25(18(16)27)13(3)14(4)26/h6-10,13H,1-5H3/t13-/m0/s1. The molecule has 0 radical (unpaired) electrons. The van der Waals surface area contributed by atoms with Gasteiger partial charge in [0, 0.05) is 18.9 Å². The molecule has 3 heterocycles. The summed E-state index contributed by atoms with van der Waals surface area (Å²) in [5, 5.41) is 0. The lowest BCUT2D eigenvalue weighted by atomic mass is 10.2. The number of aromatic nitrogens is 5. The molecule has 0 N–H and O–H groups in total. The average Bonchev–Trinajstić information content (AvgIpc) is 3.15. The van der Waals surface area contributed by atoms with E-state index in [0.717, 1.165) is 21.5 Å². The van der Waals surface area contributed by atoms with Gasteiger partial charge < -0.3 is 0 Å². The highest BCUT2D eigenvalue weighted by Gasteiger charge is 2.24. The molecule has 0 aliphatic rings. The van der Waals surface area contributed by atoms with Crippen molar-refractivity contribution < 1.29 is 4.79 Å². The summed E-state index contributed by atoms with van der Waals surface area (Å²) in [4.78, 5) is 42.4. The van der Waals surface area contributed by atoms with E-state index in [1.165, 1.54) is 11.5 Å². The van der Waals surface area contributed by atoms with Crippen LogP contribution in [0.25, 0.3) is 22.6 Å². The molecule has 8 nitrogen and oxygen atoms in total. The Kier molecular flexibility index (Phi) is 3.88. The zero-order valence-electron chi connectivity index (χ0n) is 16.4. The third-order valence-electron chi connectivity index (χ3n) is 5.31. The maximum absolute atomic E-state index is 13.2. The largest absolute Gasteiger partial charge is 0.333 e. The van der Waals surface area contributed by atoms with Gasteiger partial charge in [0.05, 0.1) is 11.7 Å². The van der Waals surface area contributed by atoms with Gasteiger partial charge >= 0.3 is 5.69 Å². The van der Waals surface area contributed by atoms with Gasteiger partial charge in [0.2, 0.25) is 5.78 Å². The first kappa shape index (κ1) is 18.0. The SMILES string of the molecule is CC(=O)[C@H](C)n1c(=O)c2c(nc3n(-c4ccccc4C)c(C)cn23)n(C)c1=O. The number of imidazole rings is 2. The van der Waals surface area contributed by atoms with Crippen LogP contribution in [0.15, 0.2) is 40.1 Å². The van der Waals surface area contributed by atoms with Crippen molar-refractivity contribution >= 4 is 22.7 Å². The molecule has 0 amide bonds. The van der Waals surface area contributed by atoms with Crippen LogP contribution in [0.2, 0.25) is 0 Å². The van der Waals surface area contributed by atoms with Gasteiger partial charge in [0.1, 0.15) is 0 Å². The lowest BCUT2D eigenvalue weighted by molar-refractivity contribution is -0.119. The van der Waals surface area contributed by atoms with Crippen molar-refractivity contribution in [2.24, 2.45) is 7.05 Å². The second kappa shape index (κ2) is 6.05. The summed E-state index contributed by atoms with van der Waals surface area (Å²) in [6.07, 6.45) is 1.83. The van der Waals surface area contributed by atoms with E-state index in [4.69, 9.17) is 0 Å². The number of carbonyl (C=O) groups excluding carboxylic acids is 1. The molecule has 3 aromatic heterocycles. The molecule has 28 heavy (non-hydrogen) atoms. The number of hydrogen-bond donors (Lipinski definition) is 0. The Bertz CT molecular complexity index is 1380. The van der Waals surface area contributed by atoms with E-state index in [1.807, 2.05) is 48.9 Å². The molecule has 1 atom stereocenters. The first-order valence-electron chi connectivity index (χ1n) is 9.02. The molecule has 0 unspecified atom stereocenters. The summed E-state index contributed by atoms with van der Waals surface area (Å²) in [7, 11) is 1.56. The molecular formula is C20H21N5O3. The lowest BCUT2D eigenvalue weighted by Gasteiger charge is -2.12. The van der Waals surface area contributed by atoms with Crippen molar-refractivity contribution in [2.45, 2.75) is 33.7 Å². The molecule has 4 rings (SSSR count). The van der Waals surface area contributed by atoms with E-state index < -0.39 is 17.3 Å². The molecule has 0 saturated heterocycles. The highest BCUT2D eigenvalue weighted by atomic mass is 16.2. The van der Waals surface area contributed by atoms with Crippen molar-refractivity contribution in [3.05, 3.63) is 62.6 Å². The molecule has 0 bridgehead atoms. The lowest BCUT2D eigenvalue weighted by Crippen LogP contribution is -2.42. The number of ketones is 1. The molecular weight excluding hydrogens is 358 g/mol. The Hall–Kier alpha value is -3.42. The summed E-state index contributed by atoms with van der Waals surface area (Å²) in [5.41, 5.74) is 2.41. The van der Waals surface area contributed by atoms with E-state index >= 15 is 0 Å². The number of hydrogen-bond acceptors (Lipinski definition) is 4. The van der Waals surface area contributed by atoms with E-state index in [-0.39, 0.29) is 11.3 Å². The van der Waals surface area contributed by atoms with E-state index in [1.54, 1.807) is 18.4 Å². The molecule has 0 saturated carbocycles. The highest BCUT2D eigenvalue weighted by molar-refractivity contribution is 5.81. The van der Waals surface area contributed by atoms with Gasteiger partial charge in [-0.3, -0.25) is 23.1 Å². The van der Waals surface area contributed by atoms with E-state index in [0.29, 0.717) is 11.4 Å². The van der Waals surface area contributed by atoms with Crippen LogP contribution in [0.1, 0.15) is 31.1 Å². The maximum atomic E-state index is 13.2. The number of benzene rings is 1. The van der Waals surface area contributed by atoms with Crippen molar-refractivity contribution in [3.63, 3.8) is 0 Å². The number of fused-ring (bicyclic) bond motifs is 3. The minimum absolute atomic E-state index is 0.257.